The molecule has 8 aromatic rings. The van der Waals surface area contributed by atoms with E-state index in [2.05, 4.69) is 74.0 Å². The van der Waals surface area contributed by atoms with E-state index in [0.29, 0.717) is 27.7 Å². The molecule has 6 nitrogen and oxygen atoms in total. The molecule has 0 spiro atoms. The van der Waals surface area contributed by atoms with Crippen LogP contribution in [0.5, 0.6) is 0 Å². The lowest BCUT2D eigenvalue weighted by molar-refractivity contribution is 0.0964. The Morgan fingerprint density at radius 3 is 2.40 bits per heavy atom. The van der Waals surface area contributed by atoms with Crippen molar-refractivity contribution >= 4 is 49.4 Å². The van der Waals surface area contributed by atoms with Gasteiger partial charge in [-0.3, -0.25) is 9.89 Å². The van der Waals surface area contributed by atoms with Crippen LogP contribution in [0.2, 0.25) is 0 Å². The number of benzene rings is 5. The summed E-state index contributed by atoms with van der Waals surface area (Å²) in [7, 11) is 1.54. The van der Waals surface area contributed by atoms with E-state index in [4.69, 9.17) is 0 Å². The van der Waals surface area contributed by atoms with Crippen molar-refractivity contribution in [2.75, 3.05) is 7.05 Å². The van der Waals surface area contributed by atoms with Gasteiger partial charge in [0, 0.05) is 46.1 Å². The second-order valence-electron chi connectivity index (χ2n) is 10.4. The molecule has 1 amide bonds. The first kappa shape index (κ1) is 27.8. The van der Waals surface area contributed by atoms with Crippen molar-refractivity contribution < 1.29 is 18.0 Å². The maximum atomic E-state index is 13.9. The van der Waals surface area contributed by atoms with Crippen molar-refractivity contribution in [3.63, 3.8) is 0 Å². The average molecular weight is 600 g/mol. The fourth-order valence-electron chi connectivity index (χ4n) is 5.54. The second-order valence-corrected chi connectivity index (χ2v) is 10.4. The van der Waals surface area contributed by atoms with E-state index in [-0.39, 0.29) is 16.8 Å². The van der Waals surface area contributed by atoms with E-state index >= 15 is 0 Å². The van der Waals surface area contributed by atoms with Crippen molar-refractivity contribution in [3.05, 3.63) is 132 Å². The van der Waals surface area contributed by atoms with E-state index in [9.17, 15) is 18.0 Å². The molecular formula is C36H24F3N5O. The predicted octanol–water partition coefficient (Wildman–Crippen LogP) is 8.54. The number of nitrogens with zero attached hydrogens (tertiary/aromatic N) is 2. The molecule has 0 atom stereocenters. The van der Waals surface area contributed by atoms with Gasteiger partial charge >= 0.3 is 0 Å². The number of carbonyl (C=O) groups excluding carboxylic acids is 1. The number of aromatic nitrogens is 4. The Kier molecular flexibility index (Phi) is 6.98. The number of H-pyrrole nitrogens is 2. The highest BCUT2D eigenvalue weighted by Crippen LogP contribution is 2.33. The number of carbonyl (C=O) groups is 1. The molecule has 45 heavy (non-hydrogen) atoms. The highest BCUT2D eigenvalue weighted by molar-refractivity contribution is 6.07. The van der Waals surface area contributed by atoms with Crippen LogP contribution in [0.1, 0.15) is 10.4 Å². The van der Waals surface area contributed by atoms with Crippen LogP contribution < -0.4 is 5.32 Å². The summed E-state index contributed by atoms with van der Waals surface area (Å²) < 4.78 is 40.9. The van der Waals surface area contributed by atoms with Crippen LogP contribution in [0.4, 0.5) is 13.2 Å². The van der Waals surface area contributed by atoms with Gasteiger partial charge in [0.05, 0.1) is 27.9 Å². The summed E-state index contributed by atoms with van der Waals surface area (Å²) in [6.07, 6.45) is 1.45. The van der Waals surface area contributed by atoms with Gasteiger partial charge in [0.15, 0.2) is 17.5 Å². The average Bonchev–Trinajstić information content (AvgIpc) is 3.71. The summed E-state index contributed by atoms with van der Waals surface area (Å²) in [5, 5.41) is 14.6. The minimum Gasteiger partial charge on any atom is -0.358 e. The first-order valence-corrected chi connectivity index (χ1v) is 14.1. The van der Waals surface area contributed by atoms with Crippen LogP contribution in [-0.4, -0.2) is 33.1 Å². The molecule has 0 radical (unpaired) electrons. The Morgan fingerprint density at radius 1 is 0.756 bits per heavy atom. The Bertz CT molecular complexity index is 2390. The molecule has 0 fully saturated rings. The van der Waals surface area contributed by atoms with Gasteiger partial charge in [-0.15, -0.1) is 0 Å². The molecule has 0 aliphatic carbocycles. The number of amides is 1. The van der Waals surface area contributed by atoms with Gasteiger partial charge in [-0.05, 0) is 53.2 Å². The monoisotopic (exact) mass is 599 g/mol. The Labute approximate surface area is 254 Å². The highest BCUT2D eigenvalue weighted by atomic mass is 19.2. The van der Waals surface area contributed by atoms with E-state index in [0.717, 1.165) is 28.2 Å². The predicted molar refractivity (Wildman–Crippen MR) is 171 cm³/mol. The topological polar surface area (TPSA) is 86.5 Å². The molecule has 3 aromatic heterocycles. The highest BCUT2D eigenvalue weighted by Gasteiger charge is 2.19. The number of fused-ring (bicyclic) bond motifs is 4. The standard InChI is InChI=1S/C19H12F3N3O.C17H12N2/c1-23-19(26)10-3-2-4-14-9(10)5-6-15(25-14)12-8-24-18-11(12)7-13(20)16(21)17(18)22;1-2-6-13-11-14(10-9-12(13)5-1)17-15-7-3-4-8-16(15)18-19-17/h2-8,24H,1H3,(H,23,26);1-11H,(H,18,19). The summed E-state index contributed by atoms with van der Waals surface area (Å²) in [5.41, 5.74) is 5.03. The molecule has 0 aliphatic heterocycles. The number of para-hydroxylation sites is 1. The largest absolute Gasteiger partial charge is 0.358 e. The second kappa shape index (κ2) is 11.3. The van der Waals surface area contributed by atoms with E-state index < -0.39 is 17.5 Å². The first-order valence-electron chi connectivity index (χ1n) is 14.1. The lowest BCUT2D eigenvalue weighted by Gasteiger charge is -2.07. The number of nitrogens with one attached hydrogen (secondary N) is 3. The lowest BCUT2D eigenvalue weighted by atomic mass is 10.0. The first-order chi connectivity index (χ1) is 21.9. The molecule has 0 bridgehead atoms. The van der Waals surface area contributed by atoms with Crippen LogP contribution in [0.3, 0.4) is 0 Å². The van der Waals surface area contributed by atoms with Crippen molar-refractivity contribution in [2.45, 2.75) is 0 Å². The van der Waals surface area contributed by atoms with Crippen LogP contribution in [0.25, 0.3) is 66.0 Å². The fraction of sp³-hybridized carbons (Fsp3) is 0.0278. The van der Waals surface area contributed by atoms with Crippen LogP contribution in [0.15, 0.2) is 109 Å². The van der Waals surface area contributed by atoms with Gasteiger partial charge in [-0.2, -0.15) is 5.10 Å². The Morgan fingerprint density at radius 2 is 1.56 bits per heavy atom. The van der Waals surface area contributed by atoms with Crippen molar-refractivity contribution in [2.24, 2.45) is 0 Å². The number of pyridine rings is 1. The SMILES string of the molecule is CNC(=O)c1cccc2nc(-c3c[nH]c4c(F)c(F)c(F)cc34)ccc12.c1ccc2cc(-c3n[nH]c4ccccc34)ccc2c1. The van der Waals surface area contributed by atoms with Gasteiger partial charge in [0.1, 0.15) is 0 Å². The lowest BCUT2D eigenvalue weighted by Crippen LogP contribution is -2.18. The number of hydrogen-bond acceptors (Lipinski definition) is 3. The maximum Gasteiger partial charge on any atom is 0.251 e. The molecule has 3 N–H and O–H groups in total. The molecule has 0 aliphatic rings. The quantitative estimate of drug-likeness (QED) is 0.178. The molecule has 0 saturated heterocycles. The summed E-state index contributed by atoms with van der Waals surface area (Å²) in [6, 6.07) is 32.5. The van der Waals surface area contributed by atoms with Gasteiger partial charge in [0.2, 0.25) is 0 Å². The summed E-state index contributed by atoms with van der Waals surface area (Å²) >= 11 is 0. The van der Waals surface area contributed by atoms with Gasteiger partial charge in [-0.25, -0.2) is 18.2 Å². The minimum atomic E-state index is -1.52. The molecule has 8 rings (SSSR count). The molecule has 9 heteroatoms. The molecule has 0 saturated carbocycles. The third-order valence-electron chi connectivity index (χ3n) is 7.79. The van der Waals surface area contributed by atoms with Gasteiger partial charge in [0.25, 0.3) is 5.91 Å². The minimum absolute atomic E-state index is 0.125. The molecular weight excluding hydrogens is 575 g/mol. The van der Waals surface area contributed by atoms with Crippen molar-refractivity contribution in [1.29, 1.82) is 0 Å². The van der Waals surface area contributed by atoms with Gasteiger partial charge in [-0.1, -0.05) is 60.7 Å². The third-order valence-corrected chi connectivity index (χ3v) is 7.79. The number of aromatic amines is 2. The van der Waals surface area contributed by atoms with Gasteiger partial charge < -0.3 is 10.3 Å². The van der Waals surface area contributed by atoms with Crippen LogP contribution in [-0.2, 0) is 0 Å². The van der Waals surface area contributed by atoms with E-state index in [1.54, 1.807) is 30.3 Å². The summed E-state index contributed by atoms with van der Waals surface area (Å²) in [4.78, 5) is 19.1. The van der Waals surface area contributed by atoms with E-state index in [1.165, 1.54) is 24.0 Å². The fourth-order valence-corrected chi connectivity index (χ4v) is 5.54. The van der Waals surface area contributed by atoms with E-state index in [1.807, 2.05) is 18.2 Å². The Balaban J connectivity index is 0.000000151. The maximum absolute atomic E-state index is 13.9. The summed E-state index contributed by atoms with van der Waals surface area (Å²) in [6.45, 7) is 0. The smallest absolute Gasteiger partial charge is 0.251 e. The summed E-state index contributed by atoms with van der Waals surface area (Å²) in [5.74, 6) is -4.29. The molecule has 220 valence electrons. The number of hydrogen-bond donors (Lipinski definition) is 3. The number of halogens is 3. The zero-order chi connectivity index (χ0) is 31.1. The van der Waals surface area contributed by atoms with Crippen LogP contribution >= 0.6 is 0 Å². The third kappa shape index (κ3) is 4.94. The molecule has 3 heterocycles. The number of rotatable bonds is 3. The zero-order valence-electron chi connectivity index (χ0n) is 23.8. The van der Waals surface area contributed by atoms with Crippen molar-refractivity contribution in [1.82, 2.24) is 25.5 Å². The molecule has 0 unspecified atom stereocenters. The van der Waals surface area contributed by atoms with Crippen LogP contribution in [0, 0.1) is 17.5 Å². The Hall–Kier alpha value is -5.96. The van der Waals surface area contributed by atoms with Crippen molar-refractivity contribution in [3.8, 4) is 22.5 Å². The normalized spacial score (nSPS) is 11.2. The zero-order valence-corrected chi connectivity index (χ0v) is 23.8. The molecule has 5 aromatic carbocycles.